The minimum absolute atomic E-state index is 0.824. The molecule has 0 spiro atoms. The second-order valence-corrected chi connectivity index (χ2v) is 6.47. The van der Waals surface area contributed by atoms with Crippen molar-refractivity contribution in [3.8, 4) is 11.8 Å². The number of benzene rings is 3. The van der Waals surface area contributed by atoms with Gasteiger partial charge in [0.05, 0.1) is 0 Å². The largest absolute Gasteiger partial charge is 0.377 e. The molecular weight excluding hydrogens is 316 g/mol. The van der Waals surface area contributed by atoms with Crippen LogP contribution in [0.1, 0.15) is 27.8 Å². The molecule has 0 aliphatic heterocycles. The Morgan fingerprint density at radius 3 is 1.73 bits per heavy atom. The molecular formula is C25H22O. The lowest BCUT2D eigenvalue weighted by Gasteiger charge is -2.26. The summed E-state index contributed by atoms with van der Waals surface area (Å²) < 4.78 is 0. The Balaban J connectivity index is 1.98. The SMILES string of the molecule is Cc1ccc(C(O)(/C=C\C#Cc2ccccc2)c2ccc(C)cc2)cc1. The summed E-state index contributed by atoms with van der Waals surface area (Å²) in [6.07, 6.45) is 3.49. The molecule has 0 aromatic heterocycles. The van der Waals surface area contributed by atoms with Crippen LogP contribution in [-0.2, 0) is 5.60 Å². The van der Waals surface area contributed by atoms with E-state index in [-0.39, 0.29) is 0 Å². The van der Waals surface area contributed by atoms with E-state index in [2.05, 4.69) is 11.8 Å². The monoisotopic (exact) mass is 338 g/mol. The van der Waals surface area contributed by atoms with Gasteiger partial charge in [-0.3, -0.25) is 0 Å². The van der Waals surface area contributed by atoms with Crippen LogP contribution in [0.2, 0.25) is 0 Å². The lowest BCUT2D eigenvalue weighted by molar-refractivity contribution is 0.134. The van der Waals surface area contributed by atoms with Gasteiger partial charge in [0.15, 0.2) is 0 Å². The van der Waals surface area contributed by atoms with Crippen molar-refractivity contribution in [2.45, 2.75) is 19.4 Å². The molecule has 128 valence electrons. The van der Waals surface area contributed by atoms with Gasteiger partial charge in [-0.1, -0.05) is 89.7 Å². The first-order valence-electron chi connectivity index (χ1n) is 8.69. The van der Waals surface area contributed by atoms with E-state index in [9.17, 15) is 5.11 Å². The number of hydrogen-bond donors (Lipinski definition) is 1. The quantitative estimate of drug-likeness (QED) is 0.655. The zero-order valence-corrected chi connectivity index (χ0v) is 15.1. The van der Waals surface area contributed by atoms with Crippen LogP contribution in [0.3, 0.4) is 0 Å². The Morgan fingerprint density at radius 2 is 1.23 bits per heavy atom. The fourth-order valence-electron chi connectivity index (χ4n) is 2.78. The highest BCUT2D eigenvalue weighted by Gasteiger charge is 2.28. The highest BCUT2D eigenvalue weighted by molar-refractivity contribution is 5.44. The molecule has 0 saturated carbocycles. The second kappa shape index (κ2) is 7.87. The molecule has 0 radical (unpaired) electrons. The number of allylic oxidation sites excluding steroid dienone is 1. The lowest BCUT2D eigenvalue weighted by atomic mass is 9.85. The summed E-state index contributed by atoms with van der Waals surface area (Å²) in [4.78, 5) is 0. The topological polar surface area (TPSA) is 20.2 Å². The number of aryl methyl sites for hydroxylation is 2. The third-order valence-electron chi connectivity index (χ3n) is 4.38. The molecule has 0 saturated heterocycles. The van der Waals surface area contributed by atoms with Gasteiger partial charge in [-0.2, -0.15) is 0 Å². The Labute approximate surface area is 155 Å². The average molecular weight is 338 g/mol. The van der Waals surface area contributed by atoms with Gasteiger partial charge in [0.25, 0.3) is 0 Å². The zero-order chi connectivity index (χ0) is 18.4. The summed E-state index contributed by atoms with van der Waals surface area (Å²) in [7, 11) is 0. The summed E-state index contributed by atoms with van der Waals surface area (Å²) >= 11 is 0. The van der Waals surface area contributed by atoms with E-state index in [1.165, 1.54) is 0 Å². The summed E-state index contributed by atoms with van der Waals surface area (Å²) in [5, 5.41) is 11.5. The first kappa shape index (κ1) is 17.7. The van der Waals surface area contributed by atoms with E-state index in [0.29, 0.717) is 0 Å². The predicted octanol–water partition coefficient (Wildman–Crippen LogP) is 5.15. The molecule has 0 unspecified atom stereocenters. The highest BCUT2D eigenvalue weighted by Crippen LogP contribution is 2.31. The van der Waals surface area contributed by atoms with Crippen LogP contribution in [-0.4, -0.2) is 5.11 Å². The Morgan fingerprint density at radius 1 is 0.731 bits per heavy atom. The van der Waals surface area contributed by atoms with E-state index in [1.807, 2.05) is 92.7 Å². The van der Waals surface area contributed by atoms with Crippen LogP contribution in [0.4, 0.5) is 0 Å². The van der Waals surface area contributed by atoms with Crippen molar-refractivity contribution >= 4 is 0 Å². The smallest absolute Gasteiger partial charge is 0.134 e. The molecule has 0 atom stereocenters. The van der Waals surface area contributed by atoms with Crippen molar-refractivity contribution < 1.29 is 5.11 Å². The van der Waals surface area contributed by atoms with Crippen molar-refractivity contribution in [1.29, 1.82) is 0 Å². The first-order valence-corrected chi connectivity index (χ1v) is 8.69. The number of aliphatic hydroxyl groups is 1. The minimum Gasteiger partial charge on any atom is -0.377 e. The van der Waals surface area contributed by atoms with E-state index in [0.717, 1.165) is 27.8 Å². The van der Waals surface area contributed by atoms with Crippen molar-refractivity contribution in [3.05, 3.63) is 119 Å². The molecule has 0 aliphatic carbocycles. The van der Waals surface area contributed by atoms with Gasteiger partial charge in [-0.15, -0.1) is 0 Å². The minimum atomic E-state index is -1.22. The van der Waals surface area contributed by atoms with Crippen LogP contribution in [0.5, 0.6) is 0 Å². The van der Waals surface area contributed by atoms with Crippen molar-refractivity contribution in [1.82, 2.24) is 0 Å². The normalized spacial score (nSPS) is 11.2. The van der Waals surface area contributed by atoms with Crippen LogP contribution in [0.15, 0.2) is 91.0 Å². The first-order chi connectivity index (χ1) is 12.6. The molecule has 3 aromatic rings. The van der Waals surface area contributed by atoms with Crippen LogP contribution >= 0.6 is 0 Å². The maximum atomic E-state index is 11.5. The summed E-state index contributed by atoms with van der Waals surface area (Å²) in [5.74, 6) is 6.12. The molecule has 0 bridgehead atoms. The van der Waals surface area contributed by atoms with Crippen molar-refractivity contribution in [2.24, 2.45) is 0 Å². The third-order valence-corrected chi connectivity index (χ3v) is 4.38. The fourth-order valence-corrected chi connectivity index (χ4v) is 2.78. The molecule has 0 fully saturated rings. The van der Waals surface area contributed by atoms with Crippen LogP contribution in [0, 0.1) is 25.7 Å². The molecule has 0 aliphatic rings. The number of rotatable bonds is 3. The van der Waals surface area contributed by atoms with Gasteiger partial charge < -0.3 is 5.11 Å². The highest BCUT2D eigenvalue weighted by atomic mass is 16.3. The summed E-state index contributed by atoms with van der Waals surface area (Å²) in [5.41, 5.74) is 3.70. The maximum Gasteiger partial charge on any atom is 0.134 e. The number of hydrogen-bond acceptors (Lipinski definition) is 1. The van der Waals surface area contributed by atoms with Gasteiger partial charge in [0, 0.05) is 5.56 Å². The lowest BCUT2D eigenvalue weighted by Crippen LogP contribution is -2.24. The maximum absolute atomic E-state index is 11.5. The van der Waals surface area contributed by atoms with Gasteiger partial charge in [0.2, 0.25) is 0 Å². The van der Waals surface area contributed by atoms with Gasteiger partial charge >= 0.3 is 0 Å². The molecule has 0 amide bonds. The molecule has 26 heavy (non-hydrogen) atoms. The Hall–Kier alpha value is -3.08. The predicted molar refractivity (Wildman–Crippen MR) is 108 cm³/mol. The molecule has 1 heteroatoms. The summed E-state index contributed by atoms with van der Waals surface area (Å²) in [6, 6.07) is 25.7. The van der Waals surface area contributed by atoms with Crippen LogP contribution in [0.25, 0.3) is 0 Å². The zero-order valence-electron chi connectivity index (χ0n) is 15.1. The average Bonchev–Trinajstić information content (AvgIpc) is 2.67. The third kappa shape index (κ3) is 4.11. The van der Waals surface area contributed by atoms with Crippen molar-refractivity contribution in [3.63, 3.8) is 0 Å². The standard InChI is InChI=1S/C25H22O/c1-20-11-15-23(16-12-20)25(26,24-17-13-21(2)14-18-24)19-7-6-10-22-8-4-3-5-9-22/h3-5,7-9,11-19,26H,1-2H3/b19-7-. The fraction of sp³-hybridized carbons (Fsp3) is 0.120. The Bertz CT molecular complexity index is 892. The molecule has 0 heterocycles. The van der Waals surface area contributed by atoms with Gasteiger partial charge in [-0.05, 0) is 49.3 Å². The van der Waals surface area contributed by atoms with Crippen LogP contribution < -0.4 is 0 Å². The summed E-state index contributed by atoms with van der Waals surface area (Å²) in [6.45, 7) is 4.08. The molecule has 1 nitrogen and oxygen atoms in total. The van der Waals surface area contributed by atoms with E-state index in [1.54, 1.807) is 12.2 Å². The van der Waals surface area contributed by atoms with E-state index < -0.39 is 5.60 Å². The molecule has 3 rings (SSSR count). The molecule has 3 aromatic carbocycles. The molecule has 1 N–H and O–H groups in total. The van der Waals surface area contributed by atoms with E-state index >= 15 is 0 Å². The Kier molecular flexibility index (Phi) is 5.37. The van der Waals surface area contributed by atoms with Gasteiger partial charge in [0.1, 0.15) is 5.60 Å². The van der Waals surface area contributed by atoms with Crippen molar-refractivity contribution in [2.75, 3.05) is 0 Å². The second-order valence-electron chi connectivity index (χ2n) is 6.47. The van der Waals surface area contributed by atoms with Gasteiger partial charge in [-0.25, -0.2) is 0 Å². The van der Waals surface area contributed by atoms with E-state index in [4.69, 9.17) is 0 Å².